The Balaban J connectivity index is 1.85. The molecule has 2 rings (SSSR count). The fourth-order valence-corrected chi connectivity index (χ4v) is 2.81. The summed E-state index contributed by atoms with van der Waals surface area (Å²) in [5.41, 5.74) is 2.52. The van der Waals surface area contributed by atoms with Gasteiger partial charge in [-0.25, -0.2) is 4.79 Å². The van der Waals surface area contributed by atoms with Crippen molar-refractivity contribution in [3.8, 4) is 11.5 Å². The van der Waals surface area contributed by atoms with Gasteiger partial charge in [0.2, 0.25) is 0 Å². The molecule has 0 N–H and O–H groups in total. The van der Waals surface area contributed by atoms with Gasteiger partial charge in [0.1, 0.15) is 11.5 Å². The molecule has 5 nitrogen and oxygen atoms in total. The first-order chi connectivity index (χ1) is 11.9. The minimum Gasteiger partial charge on any atom is -0.496 e. The zero-order chi connectivity index (χ0) is 18.4. The van der Waals surface area contributed by atoms with Gasteiger partial charge in [-0.15, -0.1) is 0 Å². The van der Waals surface area contributed by atoms with Crippen LogP contribution in [0.1, 0.15) is 21.5 Å². The van der Waals surface area contributed by atoms with Crippen LogP contribution in [0.5, 0.6) is 11.5 Å². The number of aryl methyl sites for hydroxylation is 2. The molecule has 0 bridgehead atoms. The van der Waals surface area contributed by atoms with E-state index >= 15 is 0 Å². The molecule has 0 unspecified atom stereocenters. The average Bonchev–Trinajstić information content (AvgIpc) is 2.57. The Morgan fingerprint density at radius 1 is 1.00 bits per heavy atom. The van der Waals surface area contributed by atoms with Crippen LogP contribution >= 0.6 is 15.9 Å². The number of Topliss-reactive ketones (excluding diaryl/α,β-unsaturated/α-hetero) is 1. The van der Waals surface area contributed by atoms with Gasteiger partial charge in [-0.2, -0.15) is 0 Å². The highest BCUT2D eigenvalue weighted by atomic mass is 79.9. The lowest BCUT2D eigenvalue weighted by Gasteiger charge is -2.09. The van der Waals surface area contributed by atoms with Crippen LogP contribution in [0, 0.1) is 13.8 Å². The first-order valence-corrected chi connectivity index (χ1v) is 8.42. The molecule has 0 aromatic heterocycles. The van der Waals surface area contributed by atoms with E-state index in [9.17, 15) is 9.59 Å². The Hall–Kier alpha value is -2.34. The zero-order valence-corrected chi connectivity index (χ0v) is 15.9. The van der Waals surface area contributed by atoms with Crippen molar-refractivity contribution in [2.24, 2.45) is 0 Å². The van der Waals surface area contributed by atoms with E-state index in [1.54, 1.807) is 25.3 Å². The van der Waals surface area contributed by atoms with E-state index in [0.29, 0.717) is 21.5 Å². The summed E-state index contributed by atoms with van der Waals surface area (Å²) in [6, 6.07) is 10.6. The number of rotatable bonds is 7. The van der Waals surface area contributed by atoms with Crippen LogP contribution < -0.4 is 9.47 Å². The number of esters is 1. The maximum absolute atomic E-state index is 12.1. The second-order valence-corrected chi connectivity index (χ2v) is 6.40. The highest BCUT2D eigenvalue weighted by molar-refractivity contribution is 9.10. The van der Waals surface area contributed by atoms with E-state index < -0.39 is 5.97 Å². The number of hydrogen-bond acceptors (Lipinski definition) is 5. The van der Waals surface area contributed by atoms with Crippen molar-refractivity contribution < 1.29 is 23.8 Å². The fourth-order valence-electron chi connectivity index (χ4n) is 2.27. The molecule has 2 aromatic carbocycles. The number of methoxy groups -OCH3 is 1. The number of benzene rings is 2. The van der Waals surface area contributed by atoms with Gasteiger partial charge >= 0.3 is 5.97 Å². The van der Waals surface area contributed by atoms with E-state index in [1.807, 2.05) is 32.0 Å². The molecule has 6 heteroatoms. The van der Waals surface area contributed by atoms with E-state index in [4.69, 9.17) is 14.2 Å². The standard InChI is InChI=1S/C19H19BrO5/c1-12-6-13(2)8-15(7-12)24-11-19(22)25-10-17(21)14-4-5-18(23-3)16(20)9-14/h4-9H,10-11H2,1-3H3. The Labute approximate surface area is 155 Å². The average molecular weight is 407 g/mol. The number of carbonyl (C=O) groups is 2. The van der Waals surface area contributed by atoms with Crippen molar-refractivity contribution in [3.05, 3.63) is 57.6 Å². The van der Waals surface area contributed by atoms with Crippen molar-refractivity contribution in [1.82, 2.24) is 0 Å². The first kappa shape index (κ1) is 19.0. The summed E-state index contributed by atoms with van der Waals surface area (Å²) in [6.07, 6.45) is 0. The summed E-state index contributed by atoms with van der Waals surface area (Å²) >= 11 is 3.31. The quantitative estimate of drug-likeness (QED) is 0.515. The van der Waals surface area contributed by atoms with Crippen molar-refractivity contribution in [3.63, 3.8) is 0 Å². The van der Waals surface area contributed by atoms with Crippen molar-refractivity contribution in [1.29, 1.82) is 0 Å². The van der Waals surface area contributed by atoms with Gasteiger partial charge in [0.25, 0.3) is 0 Å². The Morgan fingerprint density at radius 2 is 1.68 bits per heavy atom. The van der Waals surface area contributed by atoms with Crippen LogP contribution in [0.2, 0.25) is 0 Å². The minimum atomic E-state index is -0.597. The van der Waals surface area contributed by atoms with E-state index in [-0.39, 0.29) is 19.0 Å². The molecule has 0 saturated carbocycles. The first-order valence-electron chi connectivity index (χ1n) is 7.62. The van der Waals surface area contributed by atoms with Crippen LogP contribution in [0.15, 0.2) is 40.9 Å². The van der Waals surface area contributed by atoms with Crippen molar-refractivity contribution >= 4 is 27.7 Å². The van der Waals surface area contributed by atoms with Gasteiger partial charge in [0.05, 0.1) is 11.6 Å². The Bertz CT molecular complexity index is 765. The summed E-state index contributed by atoms with van der Waals surface area (Å²) in [7, 11) is 1.54. The molecule has 0 amide bonds. The number of hydrogen-bond donors (Lipinski definition) is 0. The SMILES string of the molecule is COc1ccc(C(=O)COC(=O)COc2cc(C)cc(C)c2)cc1Br. The molecule has 2 aromatic rings. The summed E-state index contributed by atoms with van der Waals surface area (Å²) in [5.74, 6) is 0.318. The van der Waals surface area contributed by atoms with E-state index in [1.165, 1.54) is 0 Å². The van der Waals surface area contributed by atoms with Crippen LogP contribution in [-0.4, -0.2) is 32.1 Å². The molecule has 132 valence electrons. The topological polar surface area (TPSA) is 61.8 Å². The lowest BCUT2D eigenvalue weighted by atomic mass is 10.1. The van der Waals surface area contributed by atoms with Crippen LogP contribution in [0.4, 0.5) is 0 Å². The molecule has 0 aliphatic heterocycles. The van der Waals surface area contributed by atoms with Crippen molar-refractivity contribution in [2.45, 2.75) is 13.8 Å². The van der Waals surface area contributed by atoms with Crippen LogP contribution in [-0.2, 0) is 9.53 Å². The van der Waals surface area contributed by atoms with Crippen LogP contribution in [0.25, 0.3) is 0 Å². The third kappa shape index (κ3) is 5.60. The molecular weight excluding hydrogens is 388 g/mol. The second-order valence-electron chi connectivity index (χ2n) is 5.55. The molecule has 0 spiro atoms. The lowest BCUT2D eigenvalue weighted by Crippen LogP contribution is -2.19. The van der Waals surface area contributed by atoms with Gasteiger partial charge in [-0.3, -0.25) is 4.79 Å². The predicted octanol–water partition coefficient (Wildman–Crippen LogP) is 3.88. The summed E-state index contributed by atoms with van der Waals surface area (Å²) in [4.78, 5) is 23.8. The van der Waals surface area contributed by atoms with Gasteiger partial charge in [0.15, 0.2) is 19.0 Å². The van der Waals surface area contributed by atoms with Gasteiger partial charge in [-0.1, -0.05) is 6.07 Å². The smallest absolute Gasteiger partial charge is 0.344 e. The second kappa shape index (κ2) is 8.67. The lowest BCUT2D eigenvalue weighted by molar-refractivity contribution is -0.144. The normalized spacial score (nSPS) is 10.2. The number of ketones is 1. The summed E-state index contributed by atoms with van der Waals surface area (Å²) in [5, 5.41) is 0. The third-order valence-corrected chi connectivity index (χ3v) is 4.01. The van der Waals surface area contributed by atoms with Gasteiger partial charge < -0.3 is 14.2 Å². The third-order valence-electron chi connectivity index (χ3n) is 3.39. The Kier molecular flexibility index (Phi) is 6.58. The highest BCUT2D eigenvalue weighted by Gasteiger charge is 2.12. The largest absolute Gasteiger partial charge is 0.496 e. The molecule has 0 fully saturated rings. The van der Waals surface area contributed by atoms with E-state index in [0.717, 1.165) is 11.1 Å². The van der Waals surface area contributed by atoms with E-state index in [2.05, 4.69) is 15.9 Å². The summed E-state index contributed by atoms with van der Waals surface area (Å²) in [6.45, 7) is 3.31. The molecule has 0 saturated heterocycles. The van der Waals surface area contributed by atoms with Gasteiger partial charge in [0, 0.05) is 5.56 Å². The number of halogens is 1. The molecule has 0 heterocycles. The minimum absolute atomic E-state index is 0.248. The maximum atomic E-state index is 12.1. The zero-order valence-electron chi connectivity index (χ0n) is 14.3. The molecule has 0 atom stereocenters. The van der Waals surface area contributed by atoms with Crippen LogP contribution in [0.3, 0.4) is 0 Å². The number of carbonyl (C=O) groups excluding carboxylic acids is 2. The molecule has 25 heavy (non-hydrogen) atoms. The molecule has 0 aliphatic carbocycles. The van der Waals surface area contributed by atoms with Gasteiger partial charge in [-0.05, 0) is 71.2 Å². The Morgan fingerprint density at radius 3 is 2.28 bits per heavy atom. The molecule has 0 radical (unpaired) electrons. The molecular formula is C19H19BrO5. The molecule has 0 aliphatic rings. The van der Waals surface area contributed by atoms with Crippen molar-refractivity contribution in [2.75, 3.05) is 20.3 Å². The fraction of sp³-hybridized carbons (Fsp3) is 0.263. The highest BCUT2D eigenvalue weighted by Crippen LogP contribution is 2.25. The number of ether oxygens (including phenoxy) is 3. The predicted molar refractivity (Wildman–Crippen MR) is 97.4 cm³/mol. The monoisotopic (exact) mass is 406 g/mol. The maximum Gasteiger partial charge on any atom is 0.344 e. The summed E-state index contributed by atoms with van der Waals surface area (Å²) < 4.78 is 16.2.